The molecule has 0 saturated carbocycles. The number of carbonyl (C=O) groups is 4. The molecule has 0 bridgehead atoms. The number of amides is 1. The molecule has 0 saturated heterocycles. The highest BCUT2D eigenvalue weighted by Crippen LogP contribution is 2.37. The van der Waals surface area contributed by atoms with Crippen molar-refractivity contribution in [2.45, 2.75) is 42.5 Å². The number of nitrogen functional groups attached to an aromatic ring is 1. The van der Waals surface area contributed by atoms with Crippen LogP contribution in [0.2, 0.25) is 5.02 Å². The fourth-order valence-electron chi connectivity index (χ4n) is 4.53. The van der Waals surface area contributed by atoms with Gasteiger partial charge in [-0.2, -0.15) is 10.5 Å². The third-order valence-electron chi connectivity index (χ3n) is 6.99. The van der Waals surface area contributed by atoms with Crippen molar-refractivity contribution in [2.75, 3.05) is 18.9 Å². The molecule has 2 aromatic heterocycles. The molecule has 262 valence electrons. The van der Waals surface area contributed by atoms with Gasteiger partial charge in [-0.05, 0) is 42.7 Å². The number of carboxylic acid groups (broad SMARTS) is 2. The van der Waals surface area contributed by atoms with Gasteiger partial charge in [-0.15, -0.1) is 11.3 Å². The second kappa shape index (κ2) is 18.4. The summed E-state index contributed by atoms with van der Waals surface area (Å²) < 4.78 is 10.7. The van der Waals surface area contributed by atoms with Crippen LogP contribution in [-0.2, 0) is 29.7 Å². The van der Waals surface area contributed by atoms with E-state index in [1.54, 1.807) is 36.4 Å². The minimum atomic E-state index is -1.63. The number of carboxylic acids is 2. The number of esters is 1. The molecule has 0 unspecified atom stereocenters. The van der Waals surface area contributed by atoms with Gasteiger partial charge in [0.1, 0.15) is 52.5 Å². The Morgan fingerprint density at radius 1 is 0.941 bits per heavy atom. The number of pyridine rings is 1. The monoisotopic (exact) mass is 746 g/mol. The number of anilines is 1. The molecule has 1 amide bonds. The maximum Gasteiger partial charge on any atom is 0.305 e. The van der Waals surface area contributed by atoms with Gasteiger partial charge in [-0.3, -0.25) is 9.59 Å². The van der Waals surface area contributed by atoms with E-state index in [1.165, 1.54) is 23.1 Å². The van der Waals surface area contributed by atoms with Crippen LogP contribution in [-0.4, -0.2) is 53.0 Å². The molecule has 1 atom stereocenters. The van der Waals surface area contributed by atoms with Crippen LogP contribution in [0.1, 0.15) is 42.5 Å². The van der Waals surface area contributed by atoms with E-state index in [9.17, 15) is 39.9 Å². The minimum Gasteiger partial charge on any atom is -0.550 e. The first-order chi connectivity index (χ1) is 24.5. The van der Waals surface area contributed by atoms with E-state index < -0.39 is 42.7 Å². The number of ether oxygens (including phenoxy) is 2. The first-order valence-corrected chi connectivity index (χ1v) is 17.3. The molecule has 17 heteroatoms. The number of hydrogen-bond acceptors (Lipinski definition) is 15. The van der Waals surface area contributed by atoms with Crippen LogP contribution in [0, 0.1) is 22.7 Å². The first-order valence-electron chi connectivity index (χ1n) is 15.0. The number of benzene rings is 2. The average Bonchev–Trinajstić information content (AvgIpc) is 3.59. The second-order valence-corrected chi connectivity index (χ2v) is 12.8. The van der Waals surface area contributed by atoms with Gasteiger partial charge in [0.2, 0.25) is 5.91 Å². The SMILES string of the molecule is N#Cc1c(N)nc(SCc2csc(-c3ccc(Cl)cc3)n2)c(C#N)c1-c1ccc(OCCOC(=O)CC[C@H](NC(=O)CCC(=O)[O-])C(=O)[O-])cc1. The number of halogens is 1. The second-order valence-electron chi connectivity index (χ2n) is 10.5. The molecule has 4 aromatic rings. The van der Waals surface area contributed by atoms with E-state index in [0.29, 0.717) is 32.7 Å². The van der Waals surface area contributed by atoms with Crippen LogP contribution in [0.5, 0.6) is 5.75 Å². The summed E-state index contributed by atoms with van der Waals surface area (Å²) in [6.45, 7) is -0.228. The van der Waals surface area contributed by atoms with Crippen molar-refractivity contribution in [1.29, 1.82) is 10.5 Å². The molecule has 2 aromatic carbocycles. The van der Waals surface area contributed by atoms with E-state index >= 15 is 0 Å². The number of hydrogen-bond donors (Lipinski definition) is 2. The molecule has 0 radical (unpaired) electrons. The molecule has 0 aliphatic carbocycles. The van der Waals surface area contributed by atoms with Gasteiger partial charge in [0.25, 0.3) is 0 Å². The molecular formula is C34H27ClN6O8S2-2. The smallest absolute Gasteiger partial charge is 0.305 e. The molecule has 2 heterocycles. The summed E-state index contributed by atoms with van der Waals surface area (Å²) in [7, 11) is 0. The van der Waals surface area contributed by atoms with Gasteiger partial charge < -0.3 is 40.3 Å². The van der Waals surface area contributed by atoms with Crippen LogP contribution in [0.25, 0.3) is 21.7 Å². The number of nitrogens with two attached hydrogens (primary N) is 1. The number of nitrogens with one attached hydrogen (secondary N) is 1. The Morgan fingerprint density at radius 3 is 2.27 bits per heavy atom. The molecule has 3 N–H and O–H groups in total. The normalized spacial score (nSPS) is 11.1. The van der Waals surface area contributed by atoms with Crippen LogP contribution in [0.3, 0.4) is 0 Å². The minimum absolute atomic E-state index is 0.0275. The highest BCUT2D eigenvalue weighted by atomic mass is 35.5. The predicted molar refractivity (Wildman–Crippen MR) is 183 cm³/mol. The topological polar surface area (TPSA) is 244 Å². The van der Waals surface area contributed by atoms with Crippen molar-refractivity contribution >= 4 is 64.3 Å². The summed E-state index contributed by atoms with van der Waals surface area (Å²) in [5.74, 6) is -3.93. The number of rotatable bonds is 17. The quantitative estimate of drug-likeness (QED) is 0.0896. The number of carbonyl (C=O) groups excluding carboxylic acids is 4. The molecular weight excluding hydrogens is 720 g/mol. The average molecular weight is 747 g/mol. The highest BCUT2D eigenvalue weighted by Gasteiger charge is 2.21. The van der Waals surface area contributed by atoms with E-state index in [1.807, 2.05) is 23.6 Å². The zero-order valence-corrected chi connectivity index (χ0v) is 28.9. The van der Waals surface area contributed by atoms with Crippen LogP contribution >= 0.6 is 34.7 Å². The first kappa shape index (κ1) is 38.1. The van der Waals surface area contributed by atoms with Gasteiger partial charge in [0, 0.05) is 46.1 Å². The lowest BCUT2D eigenvalue weighted by atomic mass is 9.97. The third kappa shape index (κ3) is 10.9. The Bertz CT molecular complexity index is 1990. The molecule has 0 aliphatic rings. The zero-order valence-electron chi connectivity index (χ0n) is 26.5. The Balaban J connectivity index is 1.33. The Hall–Kier alpha value is -5.68. The maximum absolute atomic E-state index is 12.1. The molecule has 0 aliphatic heterocycles. The van der Waals surface area contributed by atoms with Gasteiger partial charge >= 0.3 is 5.97 Å². The van der Waals surface area contributed by atoms with Crippen LogP contribution in [0.4, 0.5) is 5.82 Å². The van der Waals surface area contributed by atoms with Gasteiger partial charge in [0.05, 0.1) is 23.3 Å². The Morgan fingerprint density at radius 2 is 1.63 bits per heavy atom. The lowest BCUT2D eigenvalue weighted by Gasteiger charge is -2.19. The van der Waals surface area contributed by atoms with E-state index in [2.05, 4.69) is 21.4 Å². The number of nitriles is 2. The zero-order chi connectivity index (χ0) is 36.9. The van der Waals surface area contributed by atoms with Crippen molar-refractivity contribution in [3.63, 3.8) is 0 Å². The van der Waals surface area contributed by atoms with E-state index in [4.69, 9.17) is 26.8 Å². The van der Waals surface area contributed by atoms with Crippen molar-refractivity contribution in [2.24, 2.45) is 0 Å². The number of aromatic nitrogens is 2. The number of thioether (sulfide) groups is 1. The van der Waals surface area contributed by atoms with Crippen LogP contribution < -0.4 is 26.0 Å². The largest absolute Gasteiger partial charge is 0.550 e. The molecule has 4 rings (SSSR count). The summed E-state index contributed by atoms with van der Waals surface area (Å²) in [4.78, 5) is 54.6. The Kier molecular flexibility index (Phi) is 13.7. The lowest BCUT2D eigenvalue weighted by molar-refractivity contribution is -0.308. The number of aliphatic carboxylic acids is 2. The fourth-order valence-corrected chi connectivity index (χ4v) is 6.47. The van der Waals surface area contributed by atoms with Crippen molar-refractivity contribution in [3.8, 4) is 39.6 Å². The predicted octanol–water partition coefficient (Wildman–Crippen LogP) is 2.61. The highest BCUT2D eigenvalue weighted by molar-refractivity contribution is 7.98. The van der Waals surface area contributed by atoms with Crippen molar-refractivity contribution < 1.29 is 38.9 Å². The fraction of sp³-hybridized carbons (Fsp3) is 0.235. The molecule has 14 nitrogen and oxygen atoms in total. The summed E-state index contributed by atoms with van der Waals surface area (Å²) in [6, 6.07) is 16.5. The molecule has 0 fully saturated rings. The van der Waals surface area contributed by atoms with Gasteiger partial charge in [0.15, 0.2) is 0 Å². The summed E-state index contributed by atoms with van der Waals surface area (Å²) >= 11 is 8.73. The Labute approximate surface area is 304 Å². The van der Waals surface area contributed by atoms with E-state index in [-0.39, 0.29) is 43.0 Å². The summed E-state index contributed by atoms with van der Waals surface area (Å²) in [5, 5.41) is 47.6. The van der Waals surface area contributed by atoms with Crippen molar-refractivity contribution in [3.05, 3.63) is 75.8 Å². The lowest BCUT2D eigenvalue weighted by Crippen LogP contribution is -2.48. The van der Waals surface area contributed by atoms with Gasteiger partial charge in [-0.1, -0.05) is 47.6 Å². The standard InChI is InChI=1S/C34H29ClN6O8S2/c35-21-5-1-20(2-6-21)32-39-22(17-50-32)18-51-33-25(16-37)30(24(15-36)31(38)41-33)19-3-7-23(8-4-19)48-13-14-49-29(45)12-9-26(34(46)47)40-27(42)10-11-28(43)44/h1-8,17,26H,9-14,18H2,(H2,38,41)(H,40,42)(H,43,44)(H,46,47)/p-2/t26-/m0/s1. The molecule has 51 heavy (non-hydrogen) atoms. The number of thiazole rings is 1. The number of nitrogens with zero attached hydrogens (tertiary/aromatic N) is 4. The molecule has 0 spiro atoms. The van der Waals surface area contributed by atoms with Crippen molar-refractivity contribution in [1.82, 2.24) is 15.3 Å². The summed E-state index contributed by atoms with van der Waals surface area (Å²) in [5.41, 5.74) is 8.93. The maximum atomic E-state index is 12.1. The van der Waals surface area contributed by atoms with E-state index in [0.717, 1.165) is 16.3 Å². The summed E-state index contributed by atoms with van der Waals surface area (Å²) in [6.07, 6.45) is -1.75. The third-order valence-corrected chi connectivity index (χ3v) is 9.19. The van der Waals surface area contributed by atoms with Crippen LogP contribution in [0.15, 0.2) is 58.9 Å². The van der Waals surface area contributed by atoms with Gasteiger partial charge in [-0.25, -0.2) is 9.97 Å².